The first-order valence-corrected chi connectivity index (χ1v) is 8.88. The van der Waals surface area contributed by atoms with Crippen LogP contribution in [0.25, 0.3) is 0 Å². The van der Waals surface area contributed by atoms with Crippen molar-refractivity contribution < 1.29 is 19.7 Å². The van der Waals surface area contributed by atoms with E-state index in [1.54, 1.807) is 24.3 Å². The van der Waals surface area contributed by atoms with Gasteiger partial charge in [-0.15, -0.1) is 0 Å². The monoisotopic (exact) mass is 372 g/mol. The van der Waals surface area contributed by atoms with E-state index >= 15 is 0 Å². The lowest BCUT2D eigenvalue weighted by molar-refractivity contribution is -0.125. The van der Waals surface area contributed by atoms with Crippen LogP contribution in [-0.4, -0.2) is 35.4 Å². The zero-order chi connectivity index (χ0) is 20.0. The van der Waals surface area contributed by atoms with E-state index in [0.717, 1.165) is 5.56 Å². The zero-order valence-electron chi connectivity index (χ0n) is 16.0. The summed E-state index contributed by atoms with van der Waals surface area (Å²) in [6.45, 7) is 5.59. The van der Waals surface area contributed by atoms with Crippen molar-refractivity contribution in [1.29, 1.82) is 0 Å². The number of amides is 1. The molecule has 6 nitrogen and oxygen atoms in total. The van der Waals surface area contributed by atoms with Crippen molar-refractivity contribution in [3.63, 3.8) is 0 Å². The van der Waals surface area contributed by atoms with Crippen LogP contribution in [0.1, 0.15) is 38.0 Å². The van der Waals surface area contributed by atoms with E-state index in [9.17, 15) is 15.0 Å². The Kier molecular flexibility index (Phi) is 6.82. The molecular formula is C21H28N2O4. The molecule has 2 rings (SSSR count). The molecule has 0 aliphatic rings. The molecule has 0 aliphatic carbocycles. The first kappa shape index (κ1) is 20.7. The third-order valence-corrected chi connectivity index (χ3v) is 4.26. The van der Waals surface area contributed by atoms with Crippen LogP contribution >= 0.6 is 0 Å². The predicted molar refractivity (Wildman–Crippen MR) is 105 cm³/mol. The van der Waals surface area contributed by atoms with Crippen molar-refractivity contribution in [2.45, 2.75) is 38.3 Å². The summed E-state index contributed by atoms with van der Waals surface area (Å²) in [5.41, 5.74) is 7.64. The van der Waals surface area contributed by atoms with Gasteiger partial charge in [-0.3, -0.25) is 4.79 Å². The largest absolute Gasteiger partial charge is 0.483 e. The highest BCUT2D eigenvalue weighted by Crippen LogP contribution is 2.30. The first-order chi connectivity index (χ1) is 12.7. The minimum Gasteiger partial charge on any atom is -0.483 e. The van der Waals surface area contributed by atoms with Crippen molar-refractivity contribution in [2.75, 3.05) is 18.9 Å². The molecule has 2 atom stereocenters. The van der Waals surface area contributed by atoms with Gasteiger partial charge in [0, 0.05) is 5.69 Å². The van der Waals surface area contributed by atoms with Crippen molar-refractivity contribution in [1.82, 2.24) is 5.32 Å². The Morgan fingerprint density at radius 3 is 2.37 bits per heavy atom. The molecule has 6 heteroatoms. The van der Waals surface area contributed by atoms with Crippen LogP contribution in [0.5, 0.6) is 5.75 Å². The lowest BCUT2D eigenvalue weighted by Gasteiger charge is -2.24. The summed E-state index contributed by atoms with van der Waals surface area (Å²) >= 11 is 0. The smallest absolute Gasteiger partial charge is 0.258 e. The van der Waals surface area contributed by atoms with Gasteiger partial charge in [0.15, 0.2) is 6.61 Å². The van der Waals surface area contributed by atoms with Gasteiger partial charge in [0.1, 0.15) is 11.9 Å². The van der Waals surface area contributed by atoms with E-state index in [2.05, 4.69) is 26.1 Å². The number of nitrogens with two attached hydrogens (primary N) is 1. The van der Waals surface area contributed by atoms with Crippen LogP contribution in [0.4, 0.5) is 5.69 Å². The first-order valence-electron chi connectivity index (χ1n) is 8.88. The Balaban J connectivity index is 1.99. The molecule has 0 aliphatic heterocycles. The molecule has 146 valence electrons. The molecule has 1 amide bonds. The van der Waals surface area contributed by atoms with E-state index in [-0.39, 0.29) is 12.0 Å². The molecule has 5 N–H and O–H groups in total. The Morgan fingerprint density at radius 1 is 1.15 bits per heavy atom. The third-order valence-electron chi connectivity index (χ3n) is 4.26. The van der Waals surface area contributed by atoms with Crippen LogP contribution < -0.4 is 15.8 Å². The number of carbonyl (C=O) groups is 1. The van der Waals surface area contributed by atoms with Gasteiger partial charge in [-0.05, 0) is 34.7 Å². The van der Waals surface area contributed by atoms with Gasteiger partial charge < -0.3 is 26.0 Å². The molecule has 0 saturated carbocycles. The van der Waals surface area contributed by atoms with Crippen molar-refractivity contribution in [3.05, 3.63) is 59.7 Å². The highest BCUT2D eigenvalue weighted by molar-refractivity contribution is 5.78. The number of anilines is 1. The van der Waals surface area contributed by atoms with Gasteiger partial charge in [0.2, 0.25) is 0 Å². The molecule has 2 unspecified atom stereocenters. The van der Waals surface area contributed by atoms with Gasteiger partial charge >= 0.3 is 0 Å². The predicted octanol–water partition coefficient (Wildman–Crippen LogP) is 2.16. The fourth-order valence-corrected chi connectivity index (χ4v) is 2.75. The van der Waals surface area contributed by atoms with Crippen LogP contribution in [0.2, 0.25) is 0 Å². The van der Waals surface area contributed by atoms with E-state index < -0.39 is 24.7 Å². The van der Waals surface area contributed by atoms with Crippen LogP contribution in [0.3, 0.4) is 0 Å². The summed E-state index contributed by atoms with van der Waals surface area (Å²) in [7, 11) is 0. The van der Waals surface area contributed by atoms with Gasteiger partial charge in [-0.25, -0.2) is 0 Å². The summed E-state index contributed by atoms with van der Waals surface area (Å²) in [5, 5.41) is 22.6. The number of aliphatic hydroxyl groups is 2. The van der Waals surface area contributed by atoms with E-state index in [1.165, 1.54) is 0 Å². The van der Waals surface area contributed by atoms with Crippen molar-refractivity contribution in [2.24, 2.45) is 0 Å². The summed E-state index contributed by atoms with van der Waals surface area (Å²) in [6, 6.07) is 13.3. The van der Waals surface area contributed by atoms with Gasteiger partial charge in [-0.1, -0.05) is 51.1 Å². The normalized spacial score (nSPS) is 13.7. The maximum Gasteiger partial charge on any atom is 0.258 e. The second-order valence-electron chi connectivity index (χ2n) is 7.50. The van der Waals surface area contributed by atoms with Gasteiger partial charge in [0.25, 0.3) is 5.91 Å². The Labute approximate surface area is 160 Å². The van der Waals surface area contributed by atoms with Crippen LogP contribution in [0.15, 0.2) is 48.5 Å². The Morgan fingerprint density at radius 2 is 1.78 bits per heavy atom. The number of nitrogens with one attached hydrogen (secondary N) is 1. The molecule has 0 heterocycles. The molecule has 2 aromatic carbocycles. The quantitative estimate of drug-likeness (QED) is 0.558. The number of aliphatic hydroxyl groups excluding tert-OH is 2. The number of rotatable bonds is 7. The fourth-order valence-electron chi connectivity index (χ4n) is 2.75. The second kappa shape index (κ2) is 8.88. The minimum atomic E-state index is -1.05. The summed E-state index contributed by atoms with van der Waals surface area (Å²) in [5.74, 6) is 0.215. The molecule has 0 saturated heterocycles. The van der Waals surface area contributed by atoms with Crippen LogP contribution in [-0.2, 0) is 10.2 Å². The second-order valence-corrected chi connectivity index (χ2v) is 7.50. The van der Waals surface area contributed by atoms with E-state index in [4.69, 9.17) is 10.5 Å². The molecule has 2 aromatic rings. The summed E-state index contributed by atoms with van der Waals surface area (Å²) in [6.07, 6.45) is -1.05. The summed E-state index contributed by atoms with van der Waals surface area (Å²) < 4.78 is 5.68. The molecule has 0 aromatic heterocycles. The molecular weight excluding hydrogens is 344 g/mol. The SMILES string of the molecule is CC(C)(C)c1ccccc1OCC(=O)NC(CO)C(O)c1ccc(N)cc1. The third kappa shape index (κ3) is 5.70. The molecule has 0 spiro atoms. The standard InChI is InChI=1S/C21H28N2O4/c1-21(2,3)16-6-4-5-7-18(16)27-13-19(25)23-17(12-24)20(26)14-8-10-15(22)11-9-14/h4-11,17,20,24,26H,12-13,22H2,1-3H3,(H,23,25). The van der Waals surface area contributed by atoms with Crippen molar-refractivity contribution in [3.8, 4) is 5.75 Å². The zero-order valence-corrected chi connectivity index (χ0v) is 16.0. The number of hydrogen-bond acceptors (Lipinski definition) is 5. The lowest BCUT2D eigenvalue weighted by Crippen LogP contribution is -2.44. The number of carbonyl (C=O) groups excluding carboxylic acids is 1. The number of hydrogen-bond donors (Lipinski definition) is 4. The number of nitrogen functional groups attached to an aromatic ring is 1. The molecule has 0 radical (unpaired) electrons. The Hall–Kier alpha value is -2.57. The van der Waals surface area contributed by atoms with Crippen LogP contribution in [0, 0.1) is 0 Å². The Bertz CT molecular complexity index is 754. The molecule has 0 fully saturated rings. The minimum absolute atomic E-state index is 0.119. The molecule has 0 bridgehead atoms. The van der Waals surface area contributed by atoms with Crippen molar-refractivity contribution >= 4 is 11.6 Å². The number of benzene rings is 2. The van der Waals surface area contributed by atoms with Gasteiger partial charge in [-0.2, -0.15) is 0 Å². The highest BCUT2D eigenvalue weighted by Gasteiger charge is 2.23. The summed E-state index contributed by atoms with van der Waals surface area (Å²) in [4.78, 5) is 12.3. The lowest BCUT2D eigenvalue weighted by atomic mass is 9.86. The number of ether oxygens (including phenoxy) is 1. The fraction of sp³-hybridized carbons (Fsp3) is 0.381. The average Bonchev–Trinajstić information content (AvgIpc) is 2.64. The average molecular weight is 372 g/mol. The van der Waals surface area contributed by atoms with E-state index in [0.29, 0.717) is 17.0 Å². The topological polar surface area (TPSA) is 105 Å². The maximum absolute atomic E-state index is 12.3. The van der Waals surface area contributed by atoms with E-state index in [1.807, 2.05) is 24.3 Å². The van der Waals surface area contributed by atoms with Gasteiger partial charge in [0.05, 0.1) is 12.6 Å². The maximum atomic E-state index is 12.3. The highest BCUT2D eigenvalue weighted by atomic mass is 16.5. The number of para-hydroxylation sites is 1. The molecule has 27 heavy (non-hydrogen) atoms.